The van der Waals surface area contributed by atoms with E-state index < -0.39 is 17.9 Å². The van der Waals surface area contributed by atoms with Gasteiger partial charge in [-0.25, -0.2) is 19.4 Å². The molecule has 8 nitrogen and oxygen atoms in total. The number of carboxylic acids is 1. The normalized spacial score (nSPS) is 11.9. The number of carbonyl (C=O) groups excluding carboxylic acids is 1. The zero-order chi connectivity index (χ0) is 15.2. The molecule has 0 unspecified atom stereocenters. The molecule has 1 atom stereocenters. The lowest BCUT2D eigenvalue weighted by atomic mass is 10.1. The Hall–Kier alpha value is -2.77. The molecule has 1 amide bonds. The highest BCUT2D eigenvalue weighted by molar-refractivity contribution is 5.96. The SMILES string of the molecule is CCC[C@@H](NC(=O)c1ccc(-n2cncn2)nc1)C(=O)O. The molecule has 0 saturated heterocycles. The average Bonchev–Trinajstić information content (AvgIpc) is 3.01. The van der Waals surface area contributed by atoms with Crippen LogP contribution >= 0.6 is 0 Å². The van der Waals surface area contributed by atoms with Crippen LogP contribution < -0.4 is 5.32 Å². The van der Waals surface area contributed by atoms with E-state index in [2.05, 4.69) is 20.4 Å². The summed E-state index contributed by atoms with van der Waals surface area (Å²) in [6.07, 6.45) is 5.29. The van der Waals surface area contributed by atoms with E-state index in [1.54, 1.807) is 12.1 Å². The molecule has 0 aliphatic carbocycles. The Morgan fingerprint density at radius 2 is 2.24 bits per heavy atom. The van der Waals surface area contributed by atoms with Crippen LogP contribution in [0.2, 0.25) is 0 Å². The lowest BCUT2D eigenvalue weighted by Crippen LogP contribution is -2.40. The number of rotatable bonds is 6. The van der Waals surface area contributed by atoms with E-state index in [0.717, 1.165) is 0 Å². The summed E-state index contributed by atoms with van der Waals surface area (Å²) in [6.45, 7) is 1.86. The topological polar surface area (TPSA) is 110 Å². The van der Waals surface area contributed by atoms with E-state index in [-0.39, 0.29) is 0 Å². The van der Waals surface area contributed by atoms with Crippen LogP contribution in [0.4, 0.5) is 0 Å². The molecule has 2 aromatic heterocycles. The smallest absolute Gasteiger partial charge is 0.326 e. The minimum absolute atomic E-state index is 0.293. The molecule has 2 rings (SSSR count). The number of amides is 1. The number of nitrogens with one attached hydrogen (secondary N) is 1. The molecule has 2 N–H and O–H groups in total. The Morgan fingerprint density at radius 3 is 2.76 bits per heavy atom. The van der Waals surface area contributed by atoms with Crippen molar-refractivity contribution < 1.29 is 14.7 Å². The molecule has 2 aromatic rings. The molecule has 0 aliphatic heterocycles. The Labute approximate surface area is 120 Å². The van der Waals surface area contributed by atoms with Gasteiger partial charge in [-0.2, -0.15) is 5.10 Å². The third-order valence-corrected chi connectivity index (χ3v) is 2.84. The Bertz CT molecular complexity index is 609. The Morgan fingerprint density at radius 1 is 1.43 bits per heavy atom. The van der Waals surface area contributed by atoms with Gasteiger partial charge in [-0.3, -0.25) is 4.79 Å². The largest absolute Gasteiger partial charge is 0.480 e. The molecule has 110 valence electrons. The average molecular weight is 289 g/mol. The fraction of sp³-hybridized carbons (Fsp3) is 0.308. The minimum Gasteiger partial charge on any atom is -0.480 e. The molecule has 0 bridgehead atoms. The summed E-state index contributed by atoms with van der Waals surface area (Å²) in [4.78, 5) is 30.9. The first-order valence-electron chi connectivity index (χ1n) is 6.46. The third kappa shape index (κ3) is 3.62. The summed E-state index contributed by atoms with van der Waals surface area (Å²) >= 11 is 0. The van der Waals surface area contributed by atoms with E-state index >= 15 is 0 Å². The van der Waals surface area contributed by atoms with Gasteiger partial charge >= 0.3 is 5.97 Å². The maximum absolute atomic E-state index is 12.0. The monoisotopic (exact) mass is 289 g/mol. The quantitative estimate of drug-likeness (QED) is 0.807. The second kappa shape index (κ2) is 6.60. The van der Waals surface area contributed by atoms with E-state index in [4.69, 9.17) is 5.11 Å². The number of nitrogens with zero attached hydrogens (tertiary/aromatic N) is 4. The summed E-state index contributed by atoms with van der Waals surface area (Å²) in [5.41, 5.74) is 0.293. The molecule has 0 saturated carbocycles. The predicted octanol–water partition coefficient (Wildman–Crippen LogP) is 0.645. The summed E-state index contributed by atoms with van der Waals surface area (Å²) in [5.74, 6) is -0.988. The van der Waals surface area contributed by atoms with Crippen LogP contribution in [-0.4, -0.2) is 42.8 Å². The van der Waals surface area contributed by atoms with Crippen molar-refractivity contribution >= 4 is 11.9 Å². The van der Waals surface area contributed by atoms with Crippen LogP contribution in [0, 0.1) is 0 Å². The summed E-state index contributed by atoms with van der Waals surface area (Å²) in [5, 5.41) is 15.4. The molecular weight excluding hydrogens is 274 g/mol. The van der Waals surface area contributed by atoms with Gasteiger partial charge in [0, 0.05) is 6.20 Å². The van der Waals surface area contributed by atoms with Crippen LogP contribution in [0.15, 0.2) is 31.0 Å². The van der Waals surface area contributed by atoms with Gasteiger partial charge in [0.15, 0.2) is 5.82 Å². The zero-order valence-electron chi connectivity index (χ0n) is 11.4. The fourth-order valence-electron chi connectivity index (χ4n) is 1.77. The highest BCUT2D eigenvalue weighted by Crippen LogP contribution is 2.05. The molecule has 0 fully saturated rings. The second-order valence-electron chi connectivity index (χ2n) is 4.40. The number of hydrogen-bond acceptors (Lipinski definition) is 5. The summed E-state index contributed by atoms with van der Waals surface area (Å²) < 4.78 is 1.46. The lowest BCUT2D eigenvalue weighted by molar-refractivity contribution is -0.139. The Kier molecular flexibility index (Phi) is 4.60. The van der Waals surface area contributed by atoms with Crippen LogP contribution in [0.3, 0.4) is 0 Å². The van der Waals surface area contributed by atoms with E-state index in [1.165, 1.54) is 23.5 Å². The van der Waals surface area contributed by atoms with Crippen LogP contribution in [-0.2, 0) is 4.79 Å². The molecule has 0 radical (unpaired) electrons. The van der Waals surface area contributed by atoms with Gasteiger partial charge < -0.3 is 10.4 Å². The van der Waals surface area contributed by atoms with E-state index in [9.17, 15) is 9.59 Å². The van der Waals surface area contributed by atoms with Crippen molar-refractivity contribution in [1.82, 2.24) is 25.1 Å². The minimum atomic E-state index is -1.04. The first-order chi connectivity index (χ1) is 10.1. The van der Waals surface area contributed by atoms with Crippen LogP contribution in [0.5, 0.6) is 0 Å². The van der Waals surface area contributed by atoms with Crippen molar-refractivity contribution in [1.29, 1.82) is 0 Å². The maximum atomic E-state index is 12.0. The standard InChI is InChI=1S/C13H15N5O3/c1-2-3-10(13(20)21)17-12(19)9-4-5-11(15-6-9)18-8-14-7-16-18/h4-8,10H,2-3H2,1H3,(H,17,19)(H,20,21)/t10-/m1/s1. The highest BCUT2D eigenvalue weighted by Gasteiger charge is 2.19. The van der Waals surface area contributed by atoms with Crippen molar-refractivity contribution in [3.8, 4) is 5.82 Å². The first kappa shape index (κ1) is 14.6. The highest BCUT2D eigenvalue weighted by atomic mass is 16.4. The maximum Gasteiger partial charge on any atom is 0.326 e. The first-order valence-corrected chi connectivity index (χ1v) is 6.46. The molecule has 8 heteroatoms. The summed E-state index contributed by atoms with van der Waals surface area (Å²) in [7, 11) is 0. The van der Waals surface area contributed by atoms with Gasteiger partial charge in [0.1, 0.15) is 18.7 Å². The van der Waals surface area contributed by atoms with Gasteiger partial charge in [-0.05, 0) is 18.6 Å². The summed E-state index contributed by atoms with van der Waals surface area (Å²) in [6, 6.07) is 2.28. The number of carboxylic acid groups (broad SMARTS) is 1. The van der Waals surface area contributed by atoms with E-state index in [0.29, 0.717) is 24.2 Å². The zero-order valence-corrected chi connectivity index (χ0v) is 11.4. The number of aromatic nitrogens is 4. The van der Waals surface area contributed by atoms with E-state index in [1.807, 2.05) is 6.92 Å². The van der Waals surface area contributed by atoms with Crippen LogP contribution in [0.1, 0.15) is 30.1 Å². The number of aliphatic carboxylic acids is 1. The number of pyridine rings is 1. The van der Waals surface area contributed by atoms with Crippen molar-refractivity contribution in [3.05, 3.63) is 36.5 Å². The van der Waals surface area contributed by atoms with Crippen molar-refractivity contribution in [2.75, 3.05) is 0 Å². The van der Waals surface area contributed by atoms with Gasteiger partial charge in [-0.1, -0.05) is 13.3 Å². The predicted molar refractivity (Wildman–Crippen MR) is 73.0 cm³/mol. The molecule has 0 aromatic carbocycles. The number of carbonyl (C=O) groups is 2. The third-order valence-electron chi connectivity index (χ3n) is 2.84. The molecule has 0 spiro atoms. The van der Waals surface area contributed by atoms with Crippen molar-refractivity contribution in [2.45, 2.75) is 25.8 Å². The molecule has 0 aliphatic rings. The lowest BCUT2D eigenvalue weighted by Gasteiger charge is -2.13. The van der Waals surface area contributed by atoms with Crippen molar-refractivity contribution in [2.24, 2.45) is 0 Å². The Balaban J connectivity index is 2.07. The molecule has 2 heterocycles. The van der Waals surface area contributed by atoms with Crippen molar-refractivity contribution in [3.63, 3.8) is 0 Å². The number of hydrogen-bond donors (Lipinski definition) is 2. The molecular formula is C13H15N5O3. The fourth-order valence-corrected chi connectivity index (χ4v) is 1.77. The van der Waals surface area contributed by atoms with Crippen LogP contribution in [0.25, 0.3) is 5.82 Å². The van der Waals surface area contributed by atoms with Gasteiger partial charge in [0.25, 0.3) is 5.91 Å². The molecule has 21 heavy (non-hydrogen) atoms. The van der Waals surface area contributed by atoms with Gasteiger partial charge in [-0.15, -0.1) is 0 Å². The second-order valence-corrected chi connectivity index (χ2v) is 4.40. The van der Waals surface area contributed by atoms with Gasteiger partial charge in [0.05, 0.1) is 5.56 Å². The van der Waals surface area contributed by atoms with Gasteiger partial charge in [0.2, 0.25) is 0 Å².